The number of likely N-dealkylation sites (tertiary alicyclic amines) is 1. The minimum Gasteiger partial charge on any atom is -0.492 e. The van der Waals surface area contributed by atoms with E-state index in [2.05, 4.69) is 4.90 Å². The zero-order valence-corrected chi connectivity index (χ0v) is 22.1. The Morgan fingerprint density at radius 3 is 2.31 bits per heavy atom. The van der Waals surface area contributed by atoms with Crippen LogP contribution in [0, 0.1) is 11.3 Å². The Kier molecular flexibility index (Phi) is 6.89. The number of carbonyl (C=O) groups is 1. The smallest absolute Gasteiger partial charge is 0.406 e. The highest BCUT2D eigenvalue weighted by Gasteiger charge is 2.54. The van der Waals surface area contributed by atoms with Gasteiger partial charge in [-0.2, -0.15) is 18.4 Å². The van der Waals surface area contributed by atoms with Gasteiger partial charge < -0.3 is 14.4 Å². The number of benzene rings is 2. The number of hydrogen-bond acceptors (Lipinski definition) is 7. The number of halogens is 3. The molecule has 39 heavy (non-hydrogen) atoms. The molecule has 0 aliphatic carbocycles. The summed E-state index contributed by atoms with van der Waals surface area (Å²) < 4.78 is 74.3. The standard InChI is InChI=1S/C27H28F3N3O5S/c1-39(35,36)26(17-37-18-26)20-3-5-21(6-4-20)38-13-12-32-10-8-25(9-11-32)22-14-19(15-31)2-7-23(22)33(24(25)34)16-27(28,29)30/h2-7,14H,8-13,16-18H2,1H3. The molecule has 208 valence electrons. The first kappa shape index (κ1) is 27.4. The van der Waals surface area contributed by atoms with E-state index in [0.29, 0.717) is 61.5 Å². The van der Waals surface area contributed by atoms with Crippen LogP contribution in [0.25, 0.3) is 0 Å². The fourth-order valence-corrected chi connectivity index (χ4v) is 6.87. The first-order valence-corrected chi connectivity index (χ1v) is 14.4. The Morgan fingerprint density at radius 1 is 1.10 bits per heavy atom. The number of sulfone groups is 1. The van der Waals surface area contributed by atoms with E-state index >= 15 is 0 Å². The van der Waals surface area contributed by atoms with Crippen molar-refractivity contribution in [3.05, 3.63) is 59.2 Å². The molecule has 0 N–H and O–H groups in total. The largest absolute Gasteiger partial charge is 0.492 e. The Bertz CT molecular complexity index is 1410. The zero-order valence-electron chi connectivity index (χ0n) is 21.3. The van der Waals surface area contributed by atoms with Crippen LogP contribution in [0.5, 0.6) is 5.75 Å². The van der Waals surface area contributed by atoms with Crippen molar-refractivity contribution in [2.45, 2.75) is 29.2 Å². The van der Waals surface area contributed by atoms with Gasteiger partial charge in [-0.3, -0.25) is 9.69 Å². The second-order valence-electron chi connectivity index (χ2n) is 10.4. The van der Waals surface area contributed by atoms with Crippen LogP contribution in [0.3, 0.4) is 0 Å². The van der Waals surface area contributed by atoms with Crippen LogP contribution in [0.2, 0.25) is 0 Å². The van der Waals surface area contributed by atoms with E-state index in [-0.39, 0.29) is 18.9 Å². The molecule has 0 unspecified atom stereocenters. The predicted octanol–water partition coefficient (Wildman–Crippen LogP) is 3.15. The molecular weight excluding hydrogens is 535 g/mol. The topological polar surface area (TPSA) is 99.9 Å². The van der Waals surface area contributed by atoms with Gasteiger partial charge in [0.2, 0.25) is 5.91 Å². The Balaban J connectivity index is 1.21. The van der Waals surface area contributed by atoms with Crippen LogP contribution in [-0.4, -0.2) is 77.7 Å². The molecule has 2 aromatic carbocycles. The van der Waals surface area contributed by atoms with Gasteiger partial charge in [-0.1, -0.05) is 12.1 Å². The number of alkyl halides is 3. The van der Waals surface area contributed by atoms with E-state index in [0.717, 1.165) is 4.90 Å². The molecule has 0 atom stereocenters. The lowest BCUT2D eigenvalue weighted by atomic mass is 9.73. The van der Waals surface area contributed by atoms with Crippen molar-refractivity contribution in [2.24, 2.45) is 0 Å². The molecule has 12 heteroatoms. The highest BCUT2D eigenvalue weighted by Crippen LogP contribution is 2.49. The fraction of sp³-hybridized carbons (Fsp3) is 0.481. The number of amides is 1. The van der Waals surface area contributed by atoms with Gasteiger partial charge in [0.1, 0.15) is 23.6 Å². The lowest BCUT2D eigenvalue weighted by Crippen LogP contribution is -2.52. The fourth-order valence-electron chi connectivity index (χ4n) is 5.71. The number of ether oxygens (including phenoxy) is 2. The number of nitriles is 1. The monoisotopic (exact) mass is 563 g/mol. The van der Waals surface area contributed by atoms with E-state index < -0.39 is 38.6 Å². The number of anilines is 1. The molecule has 0 bridgehead atoms. The number of carbonyl (C=O) groups excluding carboxylic acids is 1. The van der Waals surface area contributed by atoms with Gasteiger partial charge in [-0.15, -0.1) is 0 Å². The highest BCUT2D eigenvalue weighted by atomic mass is 32.2. The second kappa shape index (κ2) is 9.80. The summed E-state index contributed by atoms with van der Waals surface area (Å²) in [6.45, 7) is 0.756. The average Bonchev–Trinajstić information content (AvgIpc) is 3.05. The summed E-state index contributed by atoms with van der Waals surface area (Å²) in [5.74, 6) is 0.0208. The number of hydrogen-bond donors (Lipinski definition) is 0. The zero-order chi connectivity index (χ0) is 28.1. The third kappa shape index (κ3) is 4.88. The minimum atomic E-state index is -4.54. The van der Waals surface area contributed by atoms with Crippen LogP contribution < -0.4 is 9.64 Å². The molecule has 0 radical (unpaired) electrons. The van der Waals surface area contributed by atoms with Crippen LogP contribution in [-0.2, 0) is 29.5 Å². The van der Waals surface area contributed by atoms with E-state index in [1.165, 1.54) is 18.4 Å². The summed E-state index contributed by atoms with van der Waals surface area (Å²) in [5, 5.41) is 9.33. The SMILES string of the molecule is CS(=O)(=O)C1(c2ccc(OCCN3CCC4(CC3)C(=O)N(CC(F)(F)F)c3ccc(C#N)cc34)cc2)COC1. The number of fused-ring (bicyclic) bond motifs is 2. The summed E-state index contributed by atoms with van der Waals surface area (Å²) >= 11 is 0. The Hall–Kier alpha value is -3.14. The van der Waals surface area contributed by atoms with Crippen molar-refractivity contribution in [3.8, 4) is 11.8 Å². The van der Waals surface area contributed by atoms with Gasteiger partial charge in [-0.05, 0) is 67.4 Å². The lowest BCUT2D eigenvalue weighted by Gasteiger charge is -2.40. The maximum absolute atomic E-state index is 13.4. The van der Waals surface area contributed by atoms with Crippen molar-refractivity contribution >= 4 is 21.4 Å². The molecule has 2 aromatic rings. The quantitative estimate of drug-likeness (QED) is 0.510. The molecule has 3 aliphatic heterocycles. The molecule has 3 aliphatic rings. The number of rotatable bonds is 7. The van der Waals surface area contributed by atoms with Crippen molar-refractivity contribution in [3.63, 3.8) is 0 Å². The maximum Gasteiger partial charge on any atom is 0.406 e. The lowest BCUT2D eigenvalue weighted by molar-refractivity contribution is -0.135. The van der Waals surface area contributed by atoms with Crippen LogP contribution in [0.15, 0.2) is 42.5 Å². The predicted molar refractivity (Wildman–Crippen MR) is 136 cm³/mol. The summed E-state index contributed by atoms with van der Waals surface area (Å²) in [4.78, 5) is 16.3. The van der Waals surface area contributed by atoms with Crippen LogP contribution in [0.4, 0.5) is 18.9 Å². The Morgan fingerprint density at radius 2 is 1.77 bits per heavy atom. The molecular formula is C27H28F3N3O5S. The first-order chi connectivity index (χ1) is 18.4. The molecule has 1 amide bonds. The van der Waals surface area contributed by atoms with Gasteiger partial charge in [0.05, 0.1) is 30.3 Å². The Labute approximate surface area is 224 Å². The average molecular weight is 564 g/mol. The third-order valence-corrected chi connectivity index (χ3v) is 9.96. The van der Waals surface area contributed by atoms with E-state index in [4.69, 9.17) is 9.47 Å². The molecule has 0 aromatic heterocycles. The molecule has 2 fully saturated rings. The first-order valence-electron chi connectivity index (χ1n) is 12.5. The van der Waals surface area contributed by atoms with E-state index in [1.807, 2.05) is 6.07 Å². The van der Waals surface area contributed by atoms with Gasteiger partial charge >= 0.3 is 6.18 Å². The molecule has 8 nitrogen and oxygen atoms in total. The van der Waals surface area contributed by atoms with Gasteiger partial charge in [-0.25, -0.2) is 8.42 Å². The van der Waals surface area contributed by atoms with Gasteiger partial charge in [0, 0.05) is 18.5 Å². The van der Waals surface area contributed by atoms with Crippen molar-refractivity contribution in [1.29, 1.82) is 5.26 Å². The van der Waals surface area contributed by atoms with Crippen molar-refractivity contribution < 1.29 is 35.9 Å². The van der Waals surface area contributed by atoms with Crippen molar-refractivity contribution in [2.75, 3.05) is 57.2 Å². The van der Waals surface area contributed by atoms with Gasteiger partial charge in [0.25, 0.3) is 0 Å². The van der Waals surface area contributed by atoms with Crippen molar-refractivity contribution in [1.82, 2.24) is 4.90 Å². The normalized spacial score (nSPS) is 20.4. The van der Waals surface area contributed by atoms with E-state index in [9.17, 15) is 31.6 Å². The highest BCUT2D eigenvalue weighted by molar-refractivity contribution is 7.91. The van der Waals surface area contributed by atoms with Gasteiger partial charge in [0.15, 0.2) is 9.84 Å². The van der Waals surface area contributed by atoms with Crippen LogP contribution >= 0.6 is 0 Å². The second-order valence-corrected chi connectivity index (χ2v) is 12.7. The summed E-state index contributed by atoms with van der Waals surface area (Å²) in [7, 11) is -3.34. The number of nitrogens with zero attached hydrogens (tertiary/aromatic N) is 3. The molecule has 3 heterocycles. The molecule has 2 saturated heterocycles. The summed E-state index contributed by atoms with van der Waals surface area (Å²) in [6, 6.07) is 13.4. The maximum atomic E-state index is 13.4. The summed E-state index contributed by atoms with van der Waals surface area (Å²) in [6.07, 6.45) is -2.66. The molecule has 5 rings (SSSR count). The summed E-state index contributed by atoms with van der Waals surface area (Å²) in [5.41, 5.74) is 0.606. The third-order valence-electron chi connectivity index (χ3n) is 8.07. The molecule has 0 saturated carbocycles. The van der Waals surface area contributed by atoms with Crippen LogP contribution in [0.1, 0.15) is 29.5 Å². The van der Waals surface area contributed by atoms with E-state index in [1.54, 1.807) is 30.3 Å². The molecule has 1 spiro atoms. The minimum absolute atomic E-state index is 0.126. The number of piperidine rings is 1.